The number of carbonyl (C=O) groups is 2. The third-order valence-electron chi connectivity index (χ3n) is 6.36. The zero-order valence-electron chi connectivity index (χ0n) is 17.0. The fourth-order valence-corrected chi connectivity index (χ4v) is 4.80. The average Bonchev–Trinajstić information content (AvgIpc) is 2.92. The first-order valence-electron chi connectivity index (χ1n) is 10.5. The number of amides is 2. The zero-order valence-corrected chi connectivity index (χ0v) is 17.0. The van der Waals surface area contributed by atoms with Crippen LogP contribution in [0, 0.1) is 0 Å². The lowest BCUT2D eigenvalue weighted by Gasteiger charge is -2.31. The molecule has 1 heterocycles. The Morgan fingerprint density at radius 2 is 1.23 bits per heavy atom. The second-order valence-electron chi connectivity index (χ2n) is 8.09. The summed E-state index contributed by atoms with van der Waals surface area (Å²) in [5.41, 5.74) is 6.38. The number of carbonyl (C=O) groups excluding carboxylic acids is 2. The predicted octanol–water partition coefficient (Wildman–Crippen LogP) is 4.10. The van der Waals surface area contributed by atoms with Gasteiger partial charge in [-0.15, -0.1) is 0 Å². The highest BCUT2D eigenvalue weighted by molar-refractivity contribution is 6.21. The van der Waals surface area contributed by atoms with Crippen molar-refractivity contribution >= 4 is 11.8 Å². The van der Waals surface area contributed by atoms with E-state index in [0.717, 1.165) is 12.8 Å². The van der Waals surface area contributed by atoms with Crippen molar-refractivity contribution in [3.05, 3.63) is 106 Å². The molecule has 2 aliphatic rings. The van der Waals surface area contributed by atoms with Crippen LogP contribution in [0.25, 0.3) is 0 Å². The first kappa shape index (κ1) is 18.8. The van der Waals surface area contributed by atoms with E-state index in [1.807, 2.05) is 0 Å². The summed E-state index contributed by atoms with van der Waals surface area (Å²) < 4.78 is 0. The summed E-state index contributed by atoms with van der Waals surface area (Å²) in [6, 6.07) is 24.4. The molecule has 30 heavy (non-hydrogen) atoms. The molecule has 1 aliphatic carbocycles. The Labute approximate surface area is 176 Å². The van der Waals surface area contributed by atoms with E-state index in [1.54, 1.807) is 24.3 Å². The Morgan fingerprint density at radius 1 is 0.767 bits per heavy atom. The normalized spacial score (nSPS) is 15.7. The van der Waals surface area contributed by atoms with Crippen LogP contribution in [0.5, 0.6) is 0 Å². The van der Waals surface area contributed by atoms with Crippen LogP contribution in [0.4, 0.5) is 0 Å². The molecule has 4 nitrogen and oxygen atoms in total. The fraction of sp³-hybridized carbons (Fsp3) is 0.231. The van der Waals surface area contributed by atoms with Crippen molar-refractivity contribution < 1.29 is 9.59 Å². The molecule has 2 amide bonds. The molecule has 3 aromatic carbocycles. The summed E-state index contributed by atoms with van der Waals surface area (Å²) in [6.07, 6.45) is 2.05. The molecule has 0 N–H and O–H groups in total. The Balaban J connectivity index is 1.43. The van der Waals surface area contributed by atoms with E-state index in [2.05, 4.69) is 60.5 Å². The van der Waals surface area contributed by atoms with E-state index >= 15 is 0 Å². The highest BCUT2D eigenvalue weighted by atomic mass is 16.2. The maximum absolute atomic E-state index is 12.7. The highest BCUT2D eigenvalue weighted by Crippen LogP contribution is 2.36. The van der Waals surface area contributed by atoms with Crippen molar-refractivity contribution in [3.63, 3.8) is 0 Å². The number of imide groups is 1. The van der Waals surface area contributed by atoms with Crippen LogP contribution in [0.2, 0.25) is 0 Å². The van der Waals surface area contributed by atoms with Gasteiger partial charge in [-0.05, 0) is 54.3 Å². The van der Waals surface area contributed by atoms with Crippen molar-refractivity contribution in [1.29, 1.82) is 0 Å². The van der Waals surface area contributed by atoms with Gasteiger partial charge in [0.1, 0.15) is 0 Å². The number of aryl methyl sites for hydroxylation is 2. The van der Waals surface area contributed by atoms with Gasteiger partial charge in [-0.1, -0.05) is 60.7 Å². The van der Waals surface area contributed by atoms with Crippen molar-refractivity contribution in [2.24, 2.45) is 0 Å². The number of hydrogen-bond acceptors (Lipinski definition) is 3. The summed E-state index contributed by atoms with van der Waals surface area (Å²) in [5.74, 6) is -0.378. The van der Waals surface area contributed by atoms with Crippen molar-refractivity contribution in [2.75, 3.05) is 20.1 Å². The standard InChI is InChI=1S/C26H24N2O2/c1-27(16-17-28-25(29)22-12-6-7-13-23(22)26(28)30)24-20-10-4-2-8-18(20)14-15-19-9-3-5-11-21(19)24/h2-13,24H,14-17H2,1H3. The van der Waals surface area contributed by atoms with Gasteiger partial charge in [-0.2, -0.15) is 0 Å². The zero-order chi connectivity index (χ0) is 20.7. The molecule has 150 valence electrons. The number of hydrogen-bond donors (Lipinski definition) is 0. The lowest BCUT2D eigenvalue weighted by atomic mass is 9.93. The Kier molecular flexibility index (Phi) is 4.72. The van der Waals surface area contributed by atoms with Gasteiger partial charge in [0, 0.05) is 13.1 Å². The van der Waals surface area contributed by atoms with E-state index in [-0.39, 0.29) is 17.9 Å². The summed E-state index contributed by atoms with van der Waals surface area (Å²) in [5, 5.41) is 0. The lowest BCUT2D eigenvalue weighted by molar-refractivity contribution is 0.0636. The minimum Gasteiger partial charge on any atom is -0.294 e. The molecule has 0 aromatic heterocycles. The molecule has 0 saturated carbocycles. The second-order valence-corrected chi connectivity index (χ2v) is 8.09. The van der Waals surface area contributed by atoms with Crippen LogP contribution in [-0.4, -0.2) is 41.8 Å². The van der Waals surface area contributed by atoms with Crippen molar-refractivity contribution in [1.82, 2.24) is 9.80 Å². The minimum absolute atomic E-state index is 0.107. The number of fused-ring (bicyclic) bond motifs is 3. The molecule has 3 aromatic rings. The van der Waals surface area contributed by atoms with Crippen LogP contribution < -0.4 is 0 Å². The van der Waals surface area contributed by atoms with Gasteiger partial charge < -0.3 is 0 Å². The quantitative estimate of drug-likeness (QED) is 0.624. The predicted molar refractivity (Wildman–Crippen MR) is 117 cm³/mol. The molecule has 1 aliphatic heterocycles. The van der Waals surface area contributed by atoms with Crippen molar-refractivity contribution in [3.8, 4) is 0 Å². The van der Waals surface area contributed by atoms with Gasteiger partial charge in [0.25, 0.3) is 11.8 Å². The summed E-state index contributed by atoms with van der Waals surface area (Å²) >= 11 is 0. The van der Waals surface area contributed by atoms with E-state index in [9.17, 15) is 9.59 Å². The molecule has 0 unspecified atom stereocenters. The third-order valence-corrected chi connectivity index (χ3v) is 6.36. The van der Waals surface area contributed by atoms with Gasteiger partial charge in [0.05, 0.1) is 17.2 Å². The van der Waals surface area contributed by atoms with Gasteiger partial charge in [-0.25, -0.2) is 0 Å². The summed E-state index contributed by atoms with van der Waals surface area (Å²) in [4.78, 5) is 29.1. The second kappa shape index (κ2) is 7.54. The fourth-order valence-electron chi connectivity index (χ4n) is 4.80. The van der Waals surface area contributed by atoms with Gasteiger partial charge >= 0.3 is 0 Å². The Bertz CT molecular complexity index is 1050. The first-order chi connectivity index (χ1) is 14.6. The monoisotopic (exact) mass is 396 g/mol. The first-order valence-corrected chi connectivity index (χ1v) is 10.5. The average molecular weight is 396 g/mol. The Hall–Kier alpha value is -3.24. The van der Waals surface area contributed by atoms with E-state index in [1.165, 1.54) is 27.2 Å². The molecule has 0 radical (unpaired) electrons. The van der Waals surface area contributed by atoms with Crippen molar-refractivity contribution in [2.45, 2.75) is 18.9 Å². The number of benzene rings is 3. The largest absolute Gasteiger partial charge is 0.294 e. The lowest BCUT2D eigenvalue weighted by Crippen LogP contribution is -2.38. The molecule has 0 atom stereocenters. The van der Waals surface area contributed by atoms with Gasteiger partial charge in [0.2, 0.25) is 0 Å². The van der Waals surface area contributed by atoms with Crippen LogP contribution in [0.3, 0.4) is 0 Å². The Morgan fingerprint density at radius 3 is 1.77 bits per heavy atom. The molecular weight excluding hydrogens is 372 g/mol. The molecule has 5 rings (SSSR count). The van der Waals surface area contributed by atoms with Gasteiger partial charge in [0.15, 0.2) is 0 Å². The van der Waals surface area contributed by atoms with E-state index in [4.69, 9.17) is 0 Å². The number of rotatable bonds is 4. The molecular formula is C26H24N2O2. The SMILES string of the molecule is CN(CCN1C(=O)c2ccccc2C1=O)C1c2ccccc2CCc2ccccc21. The molecule has 0 bridgehead atoms. The summed E-state index contributed by atoms with van der Waals surface area (Å²) in [7, 11) is 2.09. The molecule has 0 saturated heterocycles. The highest BCUT2D eigenvalue weighted by Gasteiger charge is 2.35. The summed E-state index contributed by atoms with van der Waals surface area (Å²) in [6.45, 7) is 0.989. The third kappa shape index (κ3) is 3.04. The maximum atomic E-state index is 12.7. The number of nitrogens with zero attached hydrogens (tertiary/aromatic N) is 2. The van der Waals surface area contributed by atoms with Gasteiger partial charge in [-0.3, -0.25) is 19.4 Å². The van der Waals surface area contributed by atoms with Crippen LogP contribution in [-0.2, 0) is 12.8 Å². The minimum atomic E-state index is -0.189. The molecule has 0 spiro atoms. The maximum Gasteiger partial charge on any atom is 0.261 e. The molecule has 0 fully saturated rings. The van der Waals surface area contributed by atoms with E-state index in [0.29, 0.717) is 24.2 Å². The topological polar surface area (TPSA) is 40.6 Å². The van der Waals surface area contributed by atoms with Crippen LogP contribution in [0.1, 0.15) is 49.0 Å². The van der Waals surface area contributed by atoms with E-state index < -0.39 is 0 Å². The number of likely N-dealkylation sites (N-methyl/N-ethyl adjacent to an activating group) is 1. The molecule has 4 heteroatoms. The van der Waals surface area contributed by atoms with Crippen LogP contribution >= 0.6 is 0 Å². The smallest absolute Gasteiger partial charge is 0.261 e. The van der Waals surface area contributed by atoms with Crippen LogP contribution in [0.15, 0.2) is 72.8 Å².